The van der Waals surface area contributed by atoms with Crippen LogP contribution < -0.4 is 20.4 Å². The van der Waals surface area contributed by atoms with Crippen molar-refractivity contribution in [2.45, 2.75) is 258 Å². The van der Waals surface area contributed by atoms with E-state index in [1.54, 1.807) is 90.4 Å². The van der Waals surface area contributed by atoms with Gasteiger partial charge in [0.2, 0.25) is 23.6 Å². The molecule has 2 aromatic rings. The van der Waals surface area contributed by atoms with E-state index in [0.29, 0.717) is 35.3 Å². The van der Waals surface area contributed by atoms with Gasteiger partial charge in [-0.1, -0.05) is 126 Å². The van der Waals surface area contributed by atoms with E-state index < -0.39 is 131 Å². The Hall–Kier alpha value is -5.35. The van der Waals surface area contributed by atoms with Crippen molar-refractivity contribution in [3.8, 4) is 0 Å². The number of nitrogens with zero attached hydrogens (tertiary/aromatic N) is 4. The first kappa shape index (κ1) is 92.9. The summed E-state index contributed by atoms with van der Waals surface area (Å²) in [6, 6.07) is 11.5. The third-order valence-corrected chi connectivity index (χ3v) is 19.9. The van der Waals surface area contributed by atoms with Gasteiger partial charge in [-0.25, -0.2) is 19.2 Å². The number of esters is 2. The number of hydrogen-bond acceptors (Lipinski definition) is 20. The van der Waals surface area contributed by atoms with Gasteiger partial charge in [-0.3, -0.25) is 29.8 Å². The van der Waals surface area contributed by atoms with Gasteiger partial charge in [0.25, 0.3) is 0 Å². The number of aliphatic hydroxyl groups excluding tert-OH is 2. The van der Waals surface area contributed by atoms with Gasteiger partial charge < -0.3 is 77.9 Å². The molecule has 16 atom stereocenters. The van der Waals surface area contributed by atoms with Crippen molar-refractivity contribution in [2.75, 3.05) is 52.2 Å². The number of ether oxygens (including phenoxy) is 8. The van der Waals surface area contributed by atoms with E-state index in [9.17, 15) is 58.8 Å². The van der Waals surface area contributed by atoms with E-state index in [4.69, 9.17) is 37.9 Å². The van der Waals surface area contributed by atoms with Crippen LogP contribution in [0.1, 0.15) is 171 Å². The summed E-state index contributed by atoms with van der Waals surface area (Å²) in [4.78, 5) is 109. The number of rotatable bonds is 12. The molecule has 4 fully saturated rings. The molecular formula is C76H112N6O20Y2-2. The number of amides is 6. The third kappa shape index (κ3) is 24.3. The zero-order valence-corrected chi connectivity index (χ0v) is 70.1. The quantitative estimate of drug-likeness (QED) is 0.0508. The number of fused-ring (bicyclic) bond motifs is 10. The zero-order valence-electron chi connectivity index (χ0n) is 64.5. The largest absolute Gasteiger partial charge is 0.457 e. The number of nitrogens with one attached hydrogen (secondary N) is 2. The van der Waals surface area contributed by atoms with E-state index in [1.807, 2.05) is 26.0 Å². The number of hydrogen-bond donors (Lipinski definition) is 6. The van der Waals surface area contributed by atoms with Crippen LogP contribution in [0.2, 0.25) is 0 Å². The van der Waals surface area contributed by atoms with Gasteiger partial charge in [-0.05, 0) is 54.4 Å². The van der Waals surface area contributed by atoms with Gasteiger partial charge in [0, 0.05) is 160 Å². The van der Waals surface area contributed by atoms with Crippen LogP contribution in [0.5, 0.6) is 0 Å². The summed E-state index contributed by atoms with van der Waals surface area (Å²) in [5, 5.41) is 48.2. The van der Waals surface area contributed by atoms with Crippen LogP contribution in [0.15, 0.2) is 71.9 Å². The van der Waals surface area contributed by atoms with Crippen LogP contribution in [0.4, 0.5) is 21.0 Å². The molecule has 6 aliphatic heterocycles. The molecule has 8 unspecified atom stereocenters. The minimum atomic E-state index is -1.81. The van der Waals surface area contributed by atoms with Gasteiger partial charge in [0.05, 0.1) is 25.0 Å². The van der Waals surface area contributed by atoms with Crippen LogP contribution in [0.3, 0.4) is 0 Å². The Labute approximate surface area is 664 Å². The summed E-state index contributed by atoms with van der Waals surface area (Å²) in [5.74, 6) is -3.95. The van der Waals surface area contributed by atoms with Crippen molar-refractivity contribution in [2.24, 2.45) is 11.8 Å². The molecule has 2 aromatic carbocycles. The van der Waals surface area contributed by atoms with Crippen LogP contribution in [-0.2, 0) is 158 Å². The Kier molecular flexibility index (Phi) is 36.9. The number of unbranched alkanes of at least 4 members (excludes halogenated alkanes) is 2. The molecule has 0 aliphatic carbocycles. The van der Waals surface area contributed by atoms with E-state index in [0.717, 1.165) is 22.3 Å². The minimum Gasteiger partial charge on any atom is -0.457 e. The molecule has 6 heterocycles. The van der Waals surface area contributed by atoms with E-state index in [1.165, 1.54) is 101 Å². The van der Waals surface area contributed by atoms with Crippen LogP contribution >= 0.6 is 0 Å². The Morgan fingerprint density at radius 1 is 0.615 bits per heavy atom. The second kappa shape index (κ2) is 41.3. The van der Waals surface area contributed by atoms with Crippen molar-refractivity contribution < 1.29 is 162 Å². The molecule has 6 aliphatic rings. The molecule has 8 bridgehead atoms. The fourth-order valence-electron chi connectivity index (χ4n) is 12.4. The van der Waals surface area contributed by atoms with Crippen molar-refractivity contribution in [3.63, 3.8) is 0 Å². The average Bonchev–Trinajstić information content (AvgIpc) is 1.52. The number of allylic oxidation sites excluding steroid dienone is 6. The Morgan fingerprint density at radius 2 is 0.942 bits per heavy atom. The smallest absolute Gasteiger partial charge is 0.409 e. The molecular weight excluding hydrogens is 1490 g/mol. The first-order chi connectivity index (χ1) is 47.9. The summed E-state index contributed by atoms with van der Waals surface area (Å²) < 4.78 is 46.6. The van der Waals surface area contributed by atoms with Crippen molar-refractivity contribution in [1.29, 1.82) is 0 Å². The fraction of sp³-hybridized carbons (Fsp3) is 0.632. The minimum absolute atomic E-state index is 0. The average molecular weight is 1610 g/mol. The normalized spacial score (nSPS) is 31.0. The number of benzene rings is 2. The Balaban J connectivity index is 0.000000481. The fourth-order valence-corrected chi connectivity index (χ4v) is 12.4. The van der Waals surface area contributed by atoms with Crippen molar-refractivity contribution in [1.82, 2.24) is 20.4 Å². The van der Waals surface area contributed by atoms with E-state index in [-0.39, 0.29) is 116 Å². The first-order valence-corrected chi connectivity index (χ1v) is 35.1. The number of likely N-dealkylation sites (N-methyl/N-ethyl adjacent to an activating group) is 2. The van der Waals surface area contributed by atoms with Gasteiger partial charge in [-0.15, -0.1) is 23.3 Å². The monoisotopic (exact) mass is 1610 g/mol. The summed E-state index contributed by atoms with van der Waals surface area (Å²) in [6.45, 7) is 24.7. The molecule has 0 spiro atoms. The summed E-state index contributed by atoms with van der Waals surface area (Å²) in [5.41, 5.74) is -0.651. The maximum atomic E-state index is 13.8. The number of aliphatic hydroxyl groups is 4. The molecule has 0 saturated carbocycles. The number of alkyl carbamates (subject to hydrolysis) is 2. The number of carbonyl (C=O) groups excluding carboxylic acids is 8. The topological polar surface area (TPSA) is 335 Å². The summed E-state index contributed by atoms with van der Waals surface area (Å²) >= 11 is 0. The van der Waals surface area contributed by atoms with E-state index >= 15 is 0 Å². The zero-order chi connectivity index (χ0) is 76.5. The SMILES string of the molecule is CCCC.CCCC.CO[C@@H]1/C=C/C=C(\C)Cc2cc(CO)[c-]c(c2)N(C)C(=O)C[C@H](OC(=O)C(C)N(C)C(C)=O)C2(C)OC2[C@H](C)C2C[C@@]1(O)NC(=O)O2.CO[C@@H]1/C=C/C=C(\C)Cc2cc(CO)[c-]c(c2)N(C)C(=O)C[C@H](OC(=O)C(C)N(C)C(C)=O)C2(C)OC2[C@H](C)C2C[C@@]1(O)NC(=O)O2.[Y].[Y]. The molecule has 4 saturated heterocycles. The molecule has 6 N–H and O–H groups in total. The van der Waals surface area contributed by atoms with Gasteiger partial charge >= 0.3 is 24.1 Å². The molecule has 28 heteroatoms. The van der Waals surface area contributed by atoms with Crippen LogP contribution in [0.25, 0.3) is 0 Å². The third-order valence-electron chi connectivity index (χ3n) is 19.9. The van der Waals surface area contributed by atoms with E-state index in [2.05, 4.69) is 50.5 Å². The summed E-state index contributed by atoms with van der Waals surface area (Å²) in [7, 11) is 8.97. The van der Waals surface area contributed by atoms with Crippen molar-refractivity contribution >= 4 is 59.1 Å². The molecule has 0 aromatic heterocycles. The van der Waals surface area contributed by atoms with Crippen LogP contribution in [-0.4, -0.2) is 204 Å². The number of carbonyl (C=O) groups is 8. The number of epoxide rings is 2. The Morgan fingerprint density at radius 3 is 1.23 bits per heavy atom. The van der Waals surface area contributed by atoms with Crippen molar-refractivity contribution in [3.05, 3.63) is 106 Å². The molecule has 574 valence electrons. The molecule has 26 nitrogen and oxygen atoms in total. The van der Waals surface area contributed by atoms with Gasteiger partial charge in [0.1, 0.15) is 59.9 Å². The van der Waals surface area contributed by atoms with Gasteiger partial charge in [0.15, 0.2) is 11.4 Å². The molecule has 2 radical (unpaired) electrons. The number of anilines is 2. The second-order valence-corrected chi connectivity index (χ2v) is 27.9. The predicted molar refractivity (Wildman–Crippen MR) is 381 cm³/mol. The Bertz CT molecular complexity index is 3190. The maximum absolute atomic E-state index is 13.8. The molecule has 6 amide bonds. The predicted octanol–water partition coefficient (Wildman–Crippen LogP) is 7.94. The van der Waals surface area contributed by atoms with Gasteiger partial charge in [-0.2, -0.15) is 35.4 Å². The summed E-state index contributed by atoms with van der Waals surface area (Å²) in [6.07, 6.45) is 7.40. The second-order valence-electron chi connectivity index (χ2n) is 27.9. The number of methoxy groups -OCH3 is 2. The molecule has 104 heavy (non-hydrogen) atoms. The standard InChI is InChI=1S/2C34H46N3O10.2C4H10.2Y/c2*1-19-10-9-11-27(44-8)34(43)17-26(45-32(42)35-34)20(2)30-33(5,47-30)28(46-31(41)21(3)36(6)22(4)39)16-29(40)37(7)25-14-23(12-19)13-24(15-25)18-38;2*1-3-4-2;;/h2*9-11,13-14,20-21,26-28,30,38,43H,12,16-18H2,1-8H3,(H,35,42);2*3-4H2,1-2H3;;/q2*-1;;;;/b2*11-9+,19-10+;;;;/t2*20-,21?,26?,27-,28+,30?,33?,34+;;;;/m11..../s1. The molecule has 8 rings (SSSR count). The maximum Gasteiger partial charge on any atom is 0.409 e. The first-order valence-electron chi connectivity index (χ1n) is 35.1. The van der Waals surface area contributed by atoms with Crippen LogP contribution in [0, 0.1) is 24.0 Å².